The van der Waals surface area contributed by atoms with E-state index >= 15 is 0 Å². The molecule has 4 nitrogen and oxygen atoms in total. The Morgan fingerprint density at radius 2 is 2.42 bits per heavy atom. The SMILES string of the molecule is CC(CC(=O)O)C1COCCO1. The zero-order valence-electron chi connectivity index (χ0n) is 7.16. The fourth-order valence-corrected chi connectivity index (χ4v) is 1.24. The van der Waals surface area contributed by atoms with Crippen molar-refractivity contribution in [2.45, 2.75) is 19.4 Å². The Labute approximate surface area is 71.5 Å². The Bertz CT molecular complexity index is 151. The number of carboxylic acids is 1. The molecule has 0 aliphatic carbocycles. The monoisotopic (exact) mass is 174 g/mol. The molecule has 2 unspecified atom stereocenters. The van der Waals surface area contributed by atoms with Crippen LogP contribution in [0.3, 0.4) is 0 Å². The van der Waals surface area contributed by atoms with Gasteiger partial charge in [0.15, 0.2) is 0 Å². The molecule has 4 heteroatoms. The quantitative estimate of drug-likeness (QED) is 0.677. The van der Waals surface area contributed by atoms with E-state index in [0.29, 0.717) is 19.8 Å². The predicted molar refractivity (Wildman–Crippen MR) is 42.0 cm³/mol. The summed E-state index contributed by atoms with van der Waals surface area (Å²) in [4.78, 5) is 10.4. The Morgan fingerprint density at radius 3 is 2.92 bits per heavy atom. The van der Waals surface area contributed by atoms with E-state index in [4.69, 9.17) is 14.6 Å². The summed E-state index contributed by atoms with van der Waals surface area (Å²) in [5, 5.41) is 8.52. The third-order valence-electron chi connectivity index (χ3n) is 1.97. The molecule has 1 saturated heterocycles. The van der Waals surface area contributed by atoms with Crippen LogP contribution in [0.2, 0.25) is 0 Å². The number of aliphatic carboxylic acids is 1. The molecule has 1 rings (SSSR count). The molecule has 0 aromatic carbocycles. The fraction of sp³-hybridized carbons (Fsp3) is 0.875. The molecule has 0 aromatic rings. The maximum absolute atomic E-state index is 10.4. The van der Waals surface area contributed by atoms with Gasteiger partial charge in [-0.25, -0.2) is 0 Å². The Kier molecular flexibility index (Phi) is 3.49. The Balaban J connectivity index is 2.29. The normalized spacial score (nSPS) is 26.6. The number of ether oxygens (including phenoxy) is 2. The molecule has 1 aliphatic rings. The standard InChI is InChI=1S/C8H14O4/c1-6(4-8(9)10)7-5-11-2-3-12-7/h6-7H,2-5H2,1H3,(H,9,10). The van der Waals surface area contributed by atoms with E-state index in [1.54, 1.807) is 0 Å². The molecule has 0 amide bonds. The van der Waals surface area contributed by atoms with Gasteiger partial charge in [0.1, 0.15) is 0 Å². The number of hydrogen-bond acceptors (Lipinski definition) is 3. The minimum absolute atomic E-state index is 0.0304. The van der Waals surface area contributed by atoms with Gasteiger partial charge >= 0.3 is 5.97 Å². The highest BCUT2D eigenvalue weighted by Gasteiger charge is 2.23. The first-order valence-corrected chi connectivity index (χ1v) is 4.11. The van der Waals surface area contributed by atoms with Crippen LogP contribution in [0.25, 0.3) is 0 Å². The molecule has 0 bridgehead atoms. The number of rotatable bonds is 3. The van der Waals surface area contributed by atoms with Crippen molar-refractivity contribution in [1.82, 2.24) is 0 Å². The summed E-state index contributed by atoms with van der Waals surface area (Å²) in [6, 6.07) is 0. The van der Waals surface area contributed by atoms with Crippen molar-refractivity contribution in [3.8, 4) is 0 Å². The zero-order chi connectivity index (χ0) is 8.97. The Hall–Kier alpha value is -0.610. The van der Waals surface area contributed by atoms with Gasteiger partial charge in [-0.3, -0.25) is 4.79 Å². The van der Waals surface area contributed by atoms with Crippen molar-refractivity contribution in [2.24, 2.45) is 5.92 Å². The second-order valence-corrected chi connectivity index (χ2v) is 3.06. The van der Waals surface area contributed by atoms with Crippen molar-refractivity contribution in [1.29, 1.82) is 0 Å². The topological polar surface area (TPSA) is 55.8 Å². The molecule has 0 saturated carbocycles. The fourth-order valence-electron chi connectivity index (χ4n) is 1.24. The van der Waals surface area contributed by atoms with Gasteiger partial charge < -0.3 is 14.6 Å². The van der Waals surface area contributed by atoms with E-state index in [2.05, 4.69) is 0 Å². The van der Waals surface area contributed by atoms with Crippen molar-refractivity contribution in [2.75, 3.05) is 19.8 Å². The van der Waals surface area contributed by atoms with Crippen LogP contribution in [0, 0.1) is 5.92 Å². The summed E-state index contributed by atoms with van der Waals surface area (Å²) in [5.41, 5.74) is 0. The molecular formula is C8H14O4. The van der Waals surface area contributed by atoms with E-state index in [-0.39, 0.29) is 18.4 Å². The van der Waals surface area contributed by atoms with Gasteiger partial charge in [-0.1, -0.05) is 6.92 Å². The largest absolute Gasteiger partial charge is 0.481 e. The molecule has 70 valence electrons. The van der Waals surface area contributed by atoms with Crippen LogP contribution in [0.5, 0.6) is 0 Å². The van der Waals surface area contributed by atoms with Gasteiger partial charge in [0.05, 0.1) is 32.3 Å². The van der Waals surface area contributed by atoms with Crippen LogP contribution < -0.4 is 0 Å². The second kappa shape index (κ2) is 4.42. The molecule has 1 aliphatic heterocycles. The van der Waals surface area contributed by atoms with E-state index in [1.807, 2.05) is 6.92 Å². The summed E-state index contributed by atoms with van der Waals surface area (Å²) < 4.78 is 10.5. The van der Waals surface area contributed by atoms with Gasteiger partial charge in [0.25, 0.3) is 0 Å². The summed E-state index contributed by atoms with van der Waals surface area (Å²) >= 11 is 0. The summed E-state index contributed by atoms with van der Waals surface area (Å²) in [6.45, 7) is 3.59. The van der Waals surface area contributed by atoms with E-state index in [0.717, 1.165) is 0 Å². The van der Waals surface area contributed by atoms with Crippen molar-refractivity contribution in [3.05, 3.63) is 0 Å². The minimum atomic E-state index is -0.781. The lowest BCUT2D eigenvalue weighted by atomic mass is 10.0. The summed E-state index contributed by atoms with van der Waals surface area (Å²) in [7, 11) is 0. The van der Waals surface area contributed by atoms with Crippen LogP contribution in [0.15, 0.2) is 0 Å². The molecule has 1 fully saturated rings. The third-order valence-corrected chi connectivity index (χ3v) is 1.97. The molecule has 1 N–H and O–H groups in total. The molecule has 2 atom stereocenters. The molecular weight excluding hydrogens is 160 g/mol. The number of carboxylic acid groups (broad SMARTS) is 1. The first-order valence-electron chi connectivity index (χ1n) is 4.11. The maximum Gasteiger partial charge on any atom is 0.303 e. The van der Waals surface area contributed by atoms with E-state index in [9.17, 15) is 4.79 Å². The van der Waals surface area contributed by atoms with E-state index in [1.165, 1.54) is 0 Å². The third kappa shape index (κ3) is 2.79. The molecule has 0 radical (unpaired) electrons. The lowest BCUT2D eigenvalue weighted by Crippen LogP contribution is -2.34. The average molecular weight is 174 g/mol. The smallest absolute Gasteiger partial charge is 0.303 e. The van der Waals surface area contributed by atoms with Crippen molar-refractivity contribution >= 4 is 5.97 Å². The van der Waals surface area contributed by atoms with Crippen LogP contribution in [0.4, 0.5) is 0 Å². The number of carbonyl (C=O) groups is 1. The highest BCUT2D eigenvalue weighted by molar-refractivity contribution is 5.67. The average Bonchev–Trinajstić information content (AvgIpc) is 2.05. The lowest BCUT2D eigenvalue weighted by Gasteiger charge is -2.27. The molecule has 0 spiro atoms. The maximum atomic E-state index is 10.4. The van der Waals surface area contributed by atoms with Gasteiger partial charge in [-0.05, 0) is 5.92 Å². The van der Waals surface area contributed by atoms with Crippen LogP contribution >= 0.6 is 0 Å². The molecule has 1 heterocycles. The van der Waals surface area contributed by atoms with Crippen molar-refractivity contribution < 1.29 is 19.4 Å². The molecule has 12 heavy (non-hydrogen) atoms. The summed E-state index contributed by atoms with van der Waals surface area (Å²) in [6.07, 6.45) is 0.100. The predicted octanol–water partition coefficient (Wildman–Crippen LogP) is 0.513. The first kappa shape index (κ1) is 9.48. The first-order chi connectivity index (χ1) is 5.70. The van der Waals surface area contributed by atoms with Gasteiger partial charge in [-0.2, -0.15) is 0 Å². The zero-order valence-corrected chi connectivity index (χ0v) is 7.16. The highest BCUT2D eigenvalue weighted by Crippen LogP contribution is 2.14. The lowest BCUT2D eigenvalue weighted by molar-refractivity contribution is -0.143. The van der Waals surface area contributed by atoms with Gasteiger partial charge in [0.2, 0.25) is 0 Å². The van der Waals surface area contributed by atoms with Gasteiger partial charge in [0, 0.05) is 0 Å². The minimum Gasteiger partial charge on any atom is -0.481 e. The van der Waals surface area contributed by atoms with Crippen molar-refractivity contribution in [3.63, 3.8) is 0 Å². The number of hydrogen-bond donors (Lipinski definition) is 1. The van der Waals surface area contributed by atoms with Crippen LogP contribution in [-0.4, -0.2) is 37.0 Å². The van der Waals surface area contributed by atoms with Crippen LogP contribution in [0.1, 0.15) is 13.3 Å². The summed E-state index contributed by atoms with van der Waals surface area (Å²) in [5.74, 6) is -0.750. The second-order valence-electron chi connectivity index (χ2n) is 3.06. The Morgan fingerprint density at radius 1 is 1.67 bits per heavy atom. The van der Waals surface area contributed by atoms with Gasteiger partial charge in [-0.15, -0.1) is 0 Å². The highest BCUT2D eigenvalue weighted by atomic mass is 16.6. The van der Waals surface area contributed by atoms with Crippen LogP contribution in [-0.2, 0) is 14.3 Å². The van der Waals surface area contributed by atoms with E-state index < -0.39 is 5.97 Å². The molecule has 0 aromatic heterocycles.